The van der Waals surface area contributed by atoms with Gasteiger partial charge in [-0.2, -0.15) is 44.7 Å². The molecule has 0 spiro atoms. The Balaban J connectivity index is 1.64. The van der Waals surface area contributed by atoms with Crippen LogP contribution in [0.4, 0.5) is 55.7 Å². The van der Waals surface area contributed by atoms with Crippen LogP contribution in [0.25, 0.3) is 22.5 Å². The topological polar surface area (TPSA) is 95.6 Å². The molecule has 1 heterocycles. The summed E-state index contributed by atoms with van der Waals surface area (Å²) >= 11 is 0. The number of nitrogens with zero attached hydrogens (tertiary/aromatic N) is 3. The Hall–Kier alpha value is -4.63. The van der Waals surface area contributed by atoms with Crippen LogP contribution in [0.5, 0.6) is 0 Å². The summed E-state index contributed by atoms with van der Waals surface area (Å²) in [5.74, 6) is -0.0718. The number of carbonyl (C=O) groups is 1. The molecular weight excluding hydrogens is 547 g/mol. The van der Waals surface area contributed by atoms with E-state index in [2.05, 4.69) is 25.9 Å². The van der Waals surface area contributed by atoms with Gasteiger partial charge in [0.2, 0.25) is 5.82 Å². The van der Waals surface area contributed by atoms with Crippen molar-refractivity contribution in [2.24, 2.45) is 0 Å². The smallest absolute Gasteiger partial charge is 0.308 e. The summed E-state index contributed by atoms with van der Waals surface area (Å²) in [6.07, 6.45) is -14.8. The van der Waals surface area contributed by atoms with Crippen LogP contribution in [0, 0.1) is 0 Å². The molecule has 39 heavy (non-hydrogen) atoms. The van der Waals surface area contributed by atoms with Gasteiger partial charge in [-0.05, 0) is 58.8 Å². The Morgan fingerprint density at radius 1 is 0.667 bits per heavy atom. The summed E-state index contributed by atoms with van der Waals surface area (Å²) in [7, 11) is 0. The van der Waals surface area contributed by atoms with Crippen molar-refractivity contribution in [3.63, 3.8) is 0 Å². The van der Waals surface area contributed by atoms with E-state index in [9.17, 15) is 44.3 Å². The second kappa shape index (κ2) is 9.92. The average molecular weight is 560 g/mol. The molecule has 7 nitrogen and oxygen atoms in total. The highest BCUT2D eigenvalue weighted by molar-refractivity contribution is 6.02. The minimum atomic E-state index is -5.12. The summed E-state index contributed by atoms with van der Waals surface area (Å²) in [5.41, 5.74) is -4.11. The van der Waals surface area contributed by atoms with Gasteiger partial charge in [0.1, 0.15) is 0 Å². The first kappa shape index (κ1) is 27.4. The van der Waals surface area contributed by atoms with Crippen molar-refractivity contribution in [1.82, 2.24) is 20.6 Å². The minimum absolute atomic E-state index is 0.0346. The molecule has 0 aliphatic heterocycles. The van der Waals surface area contributed by atoms with Crippen LogP contribution in [0.15, 0.2) is 60.7 Å². The van der Waals surface area contributed by atoms with Gasteiger partial charge in [0.05, 0.1) is 22.4 Å². The number of hydrogen-bond acceptors (Lipinski definition) is 4. The summed E-state index contributed by atoms with van der Waals surface area (Å²) in [5, 5.41) is 17.3. The van der Waals surface area contributed by atoms with E-state index in [1.165, 1.54) is 30.3 Å². The molecule has 2 amide bonds. The summed E-state index contributed by atoms with van der Waals surface area (Å²) in [6.45, 7) is 0. The SMILES string of the molecule is O=C(Nc1cc(C(F)(F)F)cc(C(F)(F)F)c1)Nc1ccc(-c2ccc(C(F)(F)F)cc2)cc1-c1nn[nH]n1. The molecule has 4 rings (SSSR count). The normalized spacial score (nSPS) is 12.3. The molecule has 0 saturated carbocycles. The zero-order valence-corrected chi connectivity index (χ0v) is 18.9. The molecule has 0 aliphatic carbocycles. The molecular formula is C23H13F9N6O. The number of carbonyl (C=O) groups excluding carboxylic acids is 1. The molecule has 0 fully saturated rings. The number of nitrogens with one attached hydrogen (secondary N) is 3. The lowest BCUT2D eigenvalue weighted by Gasteiger charge is -2.16. The molecule has 0 atom stereocenters. The Bertz CT molecular complexity index is 1450. The largest absolute Gasteiger partial charge is 0.416 e. The minimum Gasteiger partial charge on any atom is -0.308 e. The van der Waals surface area contributed by atoms with E-state index in [-0.39, 0.29) is 23.1 Å². The van der Waals surface area contributed by atoms with Gasteiger partial charge in [-0.1, -0.05) is 18.2 Å². The molecule has 16 heteroatoms. The van der Waals surface area contributed by atoms with Gasteiger partial charge in [0.25, 0.3) is 0 Å². The van der Waals surface area contributed by atoms with Gasteiger partial charge >= 0.3 is 24.6 Å². The van der Waals surface area contributed by atoms with Crippen LogP contribution in [0.1, 0.15) is 16.7 Å². The van der Waals surface area contributed by atoms with Crippen LogP contribution < -0.4 is 10.6 Å². The second-order valence-corrected chi connectivity index (χ2v) is 7.94. The van der Waals surface area contributed by atoms with Crippen LogP contribution >= 0.6 is 0 Å². The van der Waals surface area contributed by atoms with Crippen molar-refractivity contribution in [1.29, 1.82) is 0 Å². The number of aromatic nitrogens is 4. The van der Waals surface area contributed by atoms with Gasteiger partial charge in [-0.3, -0.25) is 0 Å². The standard InChI is InChI=1S/C23H13F9N6O/c24-21(25,26)13-4-1-11(2-5-13)12-3-6-18(17(7-12)19-35-37-38-36-19)34-20(39)33-16-9-14(22(27,28)29)8-15(10-16)23(30,31)32/h1-10H,(H2,33,34,39)(H,35,36,37,38). The lowest BCUT2D eigenvalue weighted by Crippen LogP contribution is -2.21. The van der Waals surface area contributed by atoms with E-state index < -0.39 is 46.9 Å². The lowest BCUT2D eigenvalue weighted by atomic mass is 10.00. The van der Waals surface area contributed by atoms with E-state index >= 15 is 0 Å². The van der Waals surface area contributed by atoms with Crippen LogP contribution in [0.2, 0.25) is 0 Å². The summed E-state index contributed by atoms with van der Waals surface area (Å²) in [4.78, 5) is 12.6. The van der Waals surface area contributed by atoms with Crippen molar-refractivity contribution in [2.75, 3.05) is 10.6 Å². The van der Waals surface area contributed by atoms with E-state index in [1.807, 2.05) is 5.32 Å². The van der Waals surface area contributed by atoms with Gasteiger partial charge in [0, 0.05) is 11.3 Å². The summed E-state index contributed by atoms with van der Waals surface area (Å²) in [6, 6.07) is 7.65. The molecule has 3 N–H and O–H groups in total. The number of benzene rings is 3. The highest BCUT2D eigenvalue weighted by atomic mass is 19.4. The number of anilines is 2. The molecule has 0 saturated heterocycles. The molecule has 3 aromatic carbocycles. The molecule has 4 aromatic rings. The van der Waals surface area contributed by atoms with Crippen molar-refractivity contribution in [3.8, 4) is 22.5 Å². The zero-order chi connectivity index (χ0) is 28.6. The Morgan fingerprint density at radius 3 is 1.74 bits per heavy atom. The van der Waals surface area contributed by atoms with Crippen molar-refractivity contribution < 1.29 is 44.3 Å². The molecule has 0 bridgehead atoms. The van der Waals surface area contributed by atoms with Crippen LogP contribution in [0.3, 0.4) is 0 Å². The first-order chi connectivity index (χ1) is 18.1. The number of halogens is 9. The molecule has 0 unspecified atom stereocenters. The van der Waals surface area contributed by atoms with Gasteiger partial charge in [-0.15, -0.1) is 10.2 Å². The molecule has 1 aromatic heterocycles. The lowest BCUT2D eigenvalue weighted by molar-refractivity contribution is -0.143. The first-order valence-electron chi connectivity index (χ1n) is 10.5. The fraction of sp³-hybridized carbons (Fsp3) is 0.130. The van der Waals surface area contributed by atoms with E-state index in [0.29, 0.717) is 23.3 Å². The predicted molar refractivity (Wildman–Crippen MR) is 119 cm³/mol. The number of alkyl halides is 9. The molecule has 204 valence electrons. The third-order valence-electron chi connectivity index (χ3n) is 5.25. The number of tetrazole rings is 1. The first-order valence-corrected chi connectivity index (χ1v) is 10.5. The number of amides is 2. The van der Waals surface area contributed by atoms with E-state index in [0.717, 1.165) is 12.1 Å². The average Bonchev–Trinajstić information content (AvgIpc) is 3.37. The zero-order valence-electron chi connectivity index (χ0n) is 18.9. The molecule has 0 aliphatic rings. The molecule has 0 radical (unpaired) electrons. The van der Waals surface area contributed by atoms with Gasteiger partial charge < -0.3 is 10.6 Å². The fourth-order valence-electron chi connectivity index (χ4n) is 3.46. The van der Waals surface area contributed by atoms with Gasteiger partial charge in [-0.25, -0.2) is 4.79 Å². The van der Waals surface area contributed by atoms with Crippen molar-refractivity contribution >= 4 is 17.4 Å². The Morgan fingerprint density at radius 2 is 1.23 bits per heavy atom. The van der Waals surface area contributed by atoms with Crippen LogP contribution in [-0.4, -0.2) is 26.7 Å². The Kier molecular flexibility index (Phi) is 6.97. The van der Waals surface area contributed by atoms with Crippen molar-refractivity contribution in [3.05, 3.63) is 77.4 Å². The van der Waals surface area contributed by atoms with Gasteiger partial charge in [0.15, 0.2) is 0 Å². The van der Waals surface area contributed by atoms with E-state index in [4.69, 9.17) is 0 Å². The van der Waals surface area contributed by atoms with Crippen molar-refractivity contribution in [2.45, 2.75) is 18.5 Å². The fourth-order valence-corrected chi connectivity index (χ4v) is 3.46. The number of H-pyrrole nitrogens is 1. The number of aromatic amines is 1. The highest BCUT2D eigenvalue weighted by Gasteiger charge is 2.37. The number of rotatable bonds is 4. The maximum atomic E-state index is 13.1. The Labute approximate surface area is 212 Å². The number of urea groups is 1. The predicted octanol–water partition coefficient (Wildman–Crippen LogP) is 7.23. The summed E-state index contributed by atoms with van der Waals surface area (Å²) < 4.78 is 117. The highest BCUT2D eigenvalue weighted by Crippen LogP contribution is 2.38. The third kappa shape index (κ3) is 6.45. The maximum absolute atomic E-state index is 13.1. The monoisotopic (exact) mass is 560 g/mol. The third-order valence-corrected chi connectivity index (χ3v) is 5.25. The second-order valence-electron chi connectivity index (χ2n) is 7.94. The van der Waals surface area contributed by atoms with Crippen LogP contribution in [-0.2, 0) is 18.5 Å². The quantitative estimate of drug-likeness (QED) is 0.230. The van der Waals surface area contributed by atoms with E-state index in [1.54, 1.807) is 0 Å². The number of hydrogen-bond donors (Lipinski definition) is 3. The maximum Gasteiger partial charge on any atom is 0.416 e.